The van der Waals surface area contributed by atoms with Crippen LogP contribution in [0.1, 0.15) is 46.0 Å². The number of nitrogens with one attached hydrogen (secondary N) is 2. The second-order valence-electron chi connectivity index (χ2n) is 4.82. The van der Waals surface area contributed by atoms with E-state index >= 15 is 0 Å². The Morgan fingerprint density at radius 1 is 1.47 bits per heavy atom. The smallest absolute Gasteiger partial charge is 0.315 e. The van der Waals surface area contributed by atoms with Crippen LogP contribution >= 0.6 is 0 Å². The van der Waals surface area contributed by atoms with Gasteiger partial charge in [0.25, 0.3) is 0 Å². The van der Waals surface area contributed by atoms with Gasteiger partial charge in [0.15, 0.2) is 0 Å². The summed E-state index contributed by atoms with van der Waals surface area (Å²) in [6.45, 7) is 4.50. The predicted octanol–water partition coefficient (Wildman–Crippen LogP) is 1.36. The molecule has 1 atom stereocenters. The van der Waals surface area contributed by atoms with Gasteiger partial charge in [0.2, 0.25) is 0 Å². The first kappa shape index (κ1) is 12.3. The lowest BCUT2D eigenvalue weighted by Crippen LogP contribution is -2.50. The van der Waals surface area contributed by atoms with E-state index in [1.54, 1.807) is 0 Å². The van der Waals surface area contributed by atoms with Crippen LogP contribution in [0.25, 0.3) is 0 Å². The lowest BCUT2D eigenvalue weighted by molar-refractivity contribution is 0.234. The van der Waals surface area contributed by atoms with Crippen molar-refractivity contribution in [2.24, 2.45) is 5.73 Å². The van der Waals surface area contributed by atoms with Gasteiger partial charge in [-0.2, -0.15) is 0 Å². The molecule has 0 aliphatic heterocycles. The van der Waals surface area contributed by atoms with Crippen molar-refractivity contribution in [2.75, 3.05) is 6.54 Å². The molecule has 4 N–H and O–H groups in total. The number of urea groups is 1. The van der Waals surface area contributed by atoms with E-state index in [0.717, 1.165) is 19.3 Å². The maximum Gasteiger partial charge on any atom is 0.315 e. The van der Waals surface area contributed by atoms with Gasteiger partial charge in [0.1, 0.15) is 0 Å². The summed E-state index contributed by atoms with van der Waals surface area (Å²) in [5.74, 6) is 0. The lowest BCUT2D eigenvalue weighted by atomic mass is 10.0. The molecule has 1 aliphatic carbocycles. The summed E-state index contributed by atoms with van der Waals surface area (Å²) in [5, 5.41) is 5.80. The first-order chi connectivity index (χ1) is 7.03. The minimum Gasteiger partial charge on any atom is -0.336 e. The van der Waals surface area contributed by atoms with E-state index in [1.807, 2.05) is 13.8 Å². The maximum atomic E-state index is 11.5. The third kappa shape index (κ3) is 4.51. The summed E-state index contributed by atoms with van der Waals surface area (Å²) in [6, 6.07) is 0.294. The summed E-state index contributed by atoms with van der Waals surface area (Å²) >= 11 is 0. The fourth-order valence-electron chi connectivity index (χ4n) is 1.71. The number of hydrogen-bond acceptors (Lipinski definition) is 2. The van der Waals surface area contributed by atoms with Crippen LogP contribution in [-0.4, -0.2) is 24.2 Å². The maximum absolute atomic E-state index is 11.5. The highest BCUT2D eigenvalue weighted by atomic mass is 16.2. The Morgan fingerprint density at radius 3 is 2.60 bits per heavy atom. The number of carbonyl (C=O) groups is 1. The van der Waals surface area contributed by atoms with Crippen molar-refractivity contribution in [1.29, 1.82) is 0 Å². The molecule has 1 unspecified atom stereocenters. The van der Waals surface area contributed by atoms with Gasteiger partial charge < -0.3 is 16.4 Å². The first-order valence-corrected chi connectivity index (χ1v) is 5.87. The van der Waals surface area contributed by atoms with Crippen LogP contribution < -0.4 is 16.4 Å². The number of nitrogens with two attached hydrogens (primary N) is 1. The molecular formula is C11H23N3O. The molecule has 0 aromatic carbocycles. The molecule has 0 aromatic rings. The SMILES string of the molecule is CCC(C)(N)CNC(=O)NC1CCCC1. The number of amides is 2. The van der Waals surface area contributed by atoms with Gasteiger partial charge in [-0.1, -0.05) is 19.8 Å². The van der Waals surface area contributed by atoms with Crippen LogP contribution in [-0.2, 0) is 0 Å². The molecular weight excluding hydrogens is 190 g/mol. The van der Waals surface area contributed by atoms with Crippen molar-refractivity contribution in [2.45, 2.75) is 57.5 Å². The quantitative estimate of drug-likeness (QED) is 0.660. The minimum atomic E-state index is -0.299. The van der Waals surface area contributed by atoms with Crippen LogP contribution in [0.4, 0.5) is 4.79 Å². The van der Waals surface area contributed by atoms with E-state index in [0.29, 0.717) is 12.6 Å². The van der Waals surface area contributed by atoms with Gasteiger partial charge in [0.05, 0.1) is 0 Å². The molecule has 2 amide bonds. The third-order valence-electron chi connectivity index (χ3n) is 3.15. The molecule has 1 rings (SSSR count). The van der Waals surface area contributed by atoms with Crippen LogP contribution in [0.3, 0.4) is 0 Å². The molecule has 0 aromatic heterocycles. The summed E-state index contributed by atoms with van der Waals surface area (Å²) in [6.07, 6.45) is 5.54. The molecule has 0 heterocycles. The first-order valence-electron chi connectivity index (χ1n) is 5.87. The van der Waals surface area contributed by atoms with E-state index in [-0.39, 0.29) is 11.6 Å². The Balaban J connectivity index is 2.18. The molecule has 1 fully saturated rings. The van der Waals surface area contributed by atoms with Gasteiger partial charge in [0, 0.05) is 18.1 Å². The molecule has 0 bridgehead atoms. The lowest BCUT2D eigenvalue weighted by Gasteiger charge is -2.23. The van der Waals surface area contributed by atoms with Crippen molar-refractivity contribution < 1.29 is 4.79 Å². The molecule has 0 spiro atoms. The zero-order valence-corrected chi connectivity index (χ0v) is 9.81. The van der Waals surface area contributed by atoms with Crippen molar-refractivity contribution >= 4 is 6.03 Å². The van der Waals surface area contributed by atoms with Crippen LogP contribution in [0.5, 0.6) is 0 Å². The Hall–Kier alpha value is -0.770. The van der Waals surface area contributed by atoms with E-state index in [2.05, 4.69) is 10.6 Å². The summed E-state index contributed by atoms with van der Waals surface area (Å²) < 4.78 is 0. The Bertz CT molecular complexity index is 210. The summed E-state index contributed by atoms with van der Waals surface area (Å²) in [7, 11) is 0. The standard InChI is InChI=1S/C11H23N3O/c1-3-11(2,12)8-13-10(15)14-9-6-4-5-7-9/h9H,3-8,12H2,1-2H3,(H2,13,14,15). The monoisotopic (exact) mass is 213 g/mol. The average Bonchev–Trinajstić information content (AvgIpc) is 2.68. The molecule has 1 saturated carbocycles. The fourth-order valence-corrected chi connectivity index (χ4v) is 1.71. The van der Waals surface area contributed by atoms with Crippen molar-refractivity contribution in [3.05, 3.63) is 0 Å². The normalized spacial score (nSPS) is 21.0. The van der Waals surface area contributed by atoms with Crippen LogP contribution in [0, 0.1) is 0 Å². The number of rotatable bonds is 4. The Morgan fingerprint density at radius 2 is 2.07 bits per heavy atom. The molecule has 4 heteroatoms. The molecule has 15 heavy (non-hydrogen) atoms. The van der Waals surface area contributed by atoms with E-state index in [4.69, 9.17) is 5.73 Å². The summed E-state index contributed by atoms with van der Waals surface area (Å²) in [4.78, 5) is 11.5. The predicted molar refractivity (Wildman–Crippen MR) is 61.7 cm³/mol. The van der Waals surface area contributed by atoms with Crippen molar-refractivity contribution in [1.82, 2.24) is 10.6 Å². The van der Waals surface area contributed by atoms with Gasteiger partial charge >= 0.3 is 6.03 Å². The molecule has 0 radical (unpaired) electrons. The highest BCUT2D eigenvalue weighted by Gasteiger charge is 2.19. The minimum absolute atomic E-state index is 0.0768. The zero-order valence-electron chi connectivity index (χ0n) is 9.81. The largest absolute Gasteiger partial charge is 0.336 e. The zero-order chi connectivity index (χ0) is 11.3. The Kier molecular flexibility index (Phi) is 4.39. The topological polar surface area (TPSA) is 67.1 Å². The molecule has 4 nitrogen and oxygen atoms in total. The van der Waals surface area contributed by atoms with Crippen molar-refractivity contribution in [3.63, 3.8) is 0 Å². The van der Waals surface area contributed by atoms with Gasteiger partial charge in [-0.3, -0.25) is 0 Å². The third-order valence-corrected chi connectivity index (χ3v) is 3.15. The van der Waals surface area contributed by atoms with Gasteiger partial charge in [-0.05, 0) is 26.2 Å². The van der Waals surface area contributed by atoms with E-state index in [9.17, 15) is 4.79 Å². The Labute approximate surface area is 92.0 Å². The molecule has 1 aliphatic rings. The number of carbonyl (C=O) groups excluding carboxylic acids is 1. The van der Waals surface area contributed by atoms with Crippen molar-refractivity contribution in [3.8, 4) is 0 Å². The van der Waals surface area contributed by atoms with Crippen LogP contribution in [0.2, 0.25) is 0 Å². The highest BCUT2D eigenvalue weighted by molar-refractivity contribution is 5.74. The fraction of sp³-hybridized carbons (Fsp3) is 0.909. The van der Waals surface area contributed by atoms with E-state index < -0.39 is 0 Å². The molecule has 88 valence electrons. The van der Waals surface area contributed by atoms with E-state index in [1.165, 1.54) is 12.8 Å². The average molecular weight is 213 g/mol. The summed E-state index contributed by atoms with van der Waals surface area (Å²) in [5.41, 5.74) is 5.63. The van der Waals surface area contributed by atoms with Gasteiger partial charge in [-0.25, -0.2) is 4.79 Å². The van der Waals surface area contributed by atoms with Crippen LogP contribution in [0.15, 0.2) is 0 Å². The second kappa shape index (κ2) is 5.35. The number of hydrogen-bond donors (Lipinski definition) is 3. The van der Waals surface area contributed by atoms with Gasteiger partial charge in [-0.15, -0.1) is 0 Å². The second-order valence-corrected chi connectivity index (χ2v) is 4.82. The highest BCUT2D eigenvalue weighted by Crippen LogP contribution is 2.17. The molecule has 0 saturated heterocycles.